The number of benzene rings is 3. The average Bonchev–Trinajstić information content (AvgIpc) is 3.43. The van der Waals surface area contributed by atoms with Gasteiger partial charge in [0.25, 0.3) is 0 Å². The fourth-order valence-electron chi connectivity index (χ4n) is 5.34. The first kappa shape index (κ1) is 30.3. The number of fused-ring (bicyclic) bond motifs is 2. The van der Waals surface area contributed by atoms with Gasteiger partial charge < -0.3 is 10.1 Å². The van der Waals surface area contributed by atoms with Crippen LogP contribution >= 0.6 is 39.0 Å². The highest BCUT2D eigenvalue weighted by Gasteiger charge is 2.56. The van der Waals surface area contributed by atoms with Crippen LogP contribution in [0.4, 0.5) is 11.4 Å². The van der Waals surface area contributed by atoms with Crippen LogP contribution < -0.4 is 25.0 Å². The van der Waals surface area contributed by atoms with Crippen LogP contribution in [0.15, 0.2) is 92.0 Å². The summed E-state index contributed by atoms with van der Waals surface area (Å²) in [6.07, 6.45) is 0. The van der Waals surface area contributed by atoms with Crippen molar-refractivity contribution in [1.82, 2.24) is 4.57 Å². The van der Waals surface area contributed by atoms with E-state index in [0.29, 0.717) is 27.0 Å². The van der Waals surface area contributed by atoms with Crippen LogP contribution in [0.25, 0.3) is 0 Å². The Kier molecular flexibility index (Phi) is 8.00. The van der Waals surface area contributed by atoms with Gasteiger partial charge in [0, 0.05) is 21.0 Å². The molecule has 226 valence electrons. The second kappa shape index (κ2) is 11.6. The Labute approximate surface area is 268 Å². The minimum atomic E-state index is -3.90. The maximum Gasteiger partial charge on any atom is 0.308 e. The Bertz CT molecular complexity index is 1960. The summed E-state index contributed by atoms with van der Waals surface area (Å²) in [6, 6.07) is 19.3. The van der Waals surface area contributed by atoms with Crippen LogP contribution in [0.1, 0.15) is 16.4 Å². The molecular weight excluding hydrogens is 692 g/mol. The molecule has 1 fully saturated rings. The van der Waals surface area contributed by atoms with Crippen LogP contribution in [0.5, 0.6) is 5.75 Å². The number of ether oxygens (including phenoxy) is 1. The van der Waals surface area contributed by atoms with E-state index in [2.05, 4.69) is 21.2 Å². The number of carbonyl (C=O) groups is 3. The summed E-state index contributed by atoms with van der Waals surface area (Å²) in [7, 11) is -2.37. The zero-order chi connectivity index (χ0) is 31.3. The first-order chi connectivity index (χ1) is 21.0. The molecule has 1 aromatic heterocycles. The Balaban J connectivity index is 1.36. The zero-order valence-corrected chi connectivity index (χ0v) is 26.8. The monoisotopic (exact) mass is 714 g/mol. The summed E-state index contributed by atoms with van der Waals surface area (Å²) in [4.78, 5) is 55.5. The number of halogens is 1. The molecule has 3 atom stereocenters. The molecule has 3 heterocycles. The Hall–Kier alpha value is -3.76. The van der Waals surface area contributed by atoms with Gasteiger partial charge in [-0.3, -0.25) is 23.7 Å². The van der Waals surface area contributed by atoms with Crippen molar-refractivity contribution in [3.05, 3.63) is 97.4 Å². The number of carbonyl (C=O) groups excluding carboxylic acids is 3. The maximum atomic E-state index is 14.0. The van der Waals surface area contributed by atoms with E-state index in [9.17, 15) is 27.6 Å². The molecule has 6 rings (SSSR count). The lowest BCUT2D eigenvalue weighted by Crippen LogP contribution is -2.33. The number of thioether (sulfide) groups is 1. The summed E-state index contributed by atoms with van der Waals surface area (Å²) in [5.74, 6) is -2.11. The van der Waals surface area contributed by atoms with Crippen molar-refractivity contribution in [2.75, 3.05) is 17.3 Å². The van der Waals surface area contributed by atoms with Crippen LogP contribution in [-0.2, 0) is 31.0 Å². The van der Waals surface area contributed by atoms with Crippen molar-refractivity contribution < 1.29 is 27.5 Å². The number of nitrogens with zero attached hydrogens (tertiary/aromatic N) is 2. The molecule has 2 aliphatic heterocycles. The van der Waals surface area contributed by atoms with E-state index in [1.807, 2.05) is 24.3 Å². The highest BCUT2D eigenvalue weighted by molar-refractivity contribution is 9.10. The molecule has 3 aromatic carbocycles. The predicted molar refractivity (Wildman–Crippen MR) is 170 cm³/mol. The van der Waals surface area contributed by atoms with Crippen molar-refractivity contribution in [2.45, 2.75) is 27.6 Å². The number of hydrogen-bond donors (Lipinski definition) is 2. The van der Waals surface area contributed by atoms with Gasteiger partial charge in [-0.25, -0.2) is 18.5 Å². The Morgan fingerprint density at radius 2 is 1.64 bits per heavy atom. The molecule has 11 nitrogen and oxygen atoms in total. The van der Waals surface area contributed by atoms with E-state index < -0.39 is 43.8 Å². The number of thiazole rings is 1. The molecule has 15 heteroatoms. The standard InChI is InChI=1S/C29H23BrN4O7S3/c1-41-19-10-8-18(9-11-19)34-26(36)23-22(15-2-4-16(30)5-3-15)25-28(42-24(23)27(34)37)33(29(38)43-25)14-21(35)32-17-6-12-20(13-7-17)44(31,39)40/h2-13,22-24H,14H2,1H3,(H,32,35)(H2,31,39,40)/t22-,23-,24+/m0/s1. The highest BCUT2D eigenvalue weighted by Crippen LogP contribution is 2.54. The minimum Gasteiger partial charge on any atom is -0.497 e. The van der Waals surface area contributed by atoms with Crippen molar-refractivity contribution in [1.29, 1.82) is 0 Å². The molecule has 4 aromatic rings. The third-order valence-electron chi connectivity index (χ3n) is 7.38. The van der Waals surface area contributed by atoms with Crippen LogP contribution in [0.3, 0.4) is 0 Å². The number of hydrogen-bond acceptors (Lipinski definition) is 9. The van der Waals surface area contributed by atoms with Crippen LogP contribution in [0.2, 0.25) is 0 Å². The first-order valence-corrected chi connectivity index (χ1v) is 17.1. The molecule has 3 N–H and O–H groups in total. The van der Waals surface area contributed by atoms with Gasteiger partial charge in [-0.05, 0) is 66.2 Å². The number of nitrogens with two attached hydrogens (primary N) is 1. The largest absolute Gasteiger partial charge is 0.497 e. The SMILES string of the molecule is COc1ccc(N2C(=O)[C@H]3[C@H](c4ccc(Br)cc4)c4sc(=O)n(CC(=O)Nc5ccc(S(N)(=O)=O)cc5)c4S[C@H]3C2=O)cc1. The molecule has 0 aliphatic carbocycles. The average molecular weight is 716 g/mol. The van der Waals surface area contributed by atoms with Gasteiger partial charge in [0.1, 0.15) is 17.5 Å². The number of methoxy groups -OCH3 is 1. The third-order valence-corrected chi connectivity index (χ3v) is 11.4. The molecule has 0 unspecified atom stereocenters. The number of anilines is 2. The van der Waals surface area contributed by atoms with Crippen molar-refractivity contribution >= 4 is 78.1 Å². The van der Waals surface area contributed by atoms with Crippen LogP contribution in [0, 0.1) is 5.92 Å². The highest BCUT2D eigenvalue weighted by atomic mass is 79.9. The van der Waals surface area contributed by atoms with Crippen molar-refractivity contribution in [3.63, 3.8) is 0 Å². The predicted octanol–water partition coefficient (Wildman–Crippen LogP) is 3.76. The zero-order valence-electron chi connectivity index (χ0n) is 22.8. The lowest BCUT2D eigenvalue weighted by molar-refractivity contribution is -0.122. The van der Waals surface area contributed by atoms with Gasteiger partial charge in [0.15, 0.2) is 0 Å². The number of imide groups is 1. The fourth-order valence-corrected chi connectivity index (χ4v) is 8.90. The van der Waals surface area contributed by atoms with E-state index >= 15 is 0 Å². The summed E-state index contributed by atoms with van der Waals surface area (Å²) in [5.41, 5.74) is 1.49. The molecule has 2 aliphatic rings. The summed E-state index contributed by atoms with van der Waals surface area (Å²) < 4.78 is 30.4. The lowest BCUT2D eigenvalue weighted by atomic mass is 9.83. The topological polar surface area (TPSA) is 158 Å². The minimum absolute atomic E-state index is 0.108. The van der Waals surface area contributed by atoms with Gasteiger partial charge in [-0.1, -0.05) is 51.2 Å². The summed E-state index contributed by atoms with van der Waals surface area (Å²) in [6.45, 7) is -0.358. The Morgan fingerprint density at radius 3 is 2.25 bits per heavy atom. The molecule has 0 spiro atoms. The molecule has 0 saturated carbocycles. The van der Waals surface area contributed by atoms with Gasteiger partial charge >= 0.3 is 4.87 Å². The van der Waals surface area contributed by atoms with E-state index in [1.165, 1.54) is 40.8 Å². The number of amides is 3. The van der Waals surface area contributed by atoms with E-state index in [4.69, 9.17) is 9.88 Å². The van der Waals surface area contributed by atoms with Gasteiger partial charge in [-0.2, -0.15) is 0 Å². The number of nitrogens with one attached hydrogen (secondary N) is 1. The van der Waals surface area contributed by atoms with Gasteiger partial charge in [0.05, 0.1) is 28.6 Å². The first-order valence-electron chi connectivity index (χ1n) is 13.1. The lowest BCUT2D eigenvalue weighted by Gasteiger charge is -2.30. The van der Waals surface area contributed by atoms with Crippen molar-refractivity contribution in [2.24, 2.45) is 11.1 Å². The molecule has 1 saturated heterocycles. The maximum absolute atomic E-state index is 14.0. The molecular formula is C29H23BrN4O7S3. The van der Waals surface area contributed by atoms with E-state index in [0.717, 1.165) is 33.1 Å². The number of primary sulfonamides is 1. The smallest absolute Gasteiger partial charge is 0.308 e. The molecule has 3 amide bonds. The van der Waals surface area contributed by atoms with Gasteiger partial charge in [0.2, 0.25) is 27.7 Å². The van der Waals surface area contributed by atoms with E-state index in [-0.39, 0.29) is 17.3 Å². The molecule has 0 radical (unpaired) electrons. The molecule has 0 bridgehead atoms. The summed E-state index contributed by atoms with van der Waals surface area (Å²) in [5, 5.41) is 7.41. The van der Waals surface area contributed by atoms with Crippen molar-refractivity contribution in [3.8, 4) is 5.75 Å². The summed E-state index contributed by atoms with van der Waals surface area (Å²) >= 11 is 5.50. The van der Waals surface area contributed by atoms with Gasteiger partial charge in [-0.15, -0.1) is 0 Å². The second-order valence-corrected chi connectivity index (χ2v) is 14.6. The second-order valence-electron chi connectivity index (χ2n) is 10.0. The number of rotatable bonds is 7. The fraction of sp³-hybridized carbons (Fsp3) is 0.172. The quantitative estimate of drug-likeness (QED) is 0.274. The number of sulfonamides is 1. The van der Waals surface area contributed by atoms with Crippen LogP contribution in [-0.4, -0.2) is 43.1 Å². The number of aromatic nitrogens is 1. The molecule has 44 heavy (non-hydrogen) atoms. The Morgan fingerprint density at radius 1 is 0.977 bits per heavy atom. The third kappa shape index (κ3) is 5.49. The normalized spacial score (nSPS) is 19.4. The van der Waals surface area contributed by atoms with E-state index in [1.54, 1.807) is 24.3 Å².